The fourth-order valence-corrected chi connectivity index (χ4v) is 4.50. The van der Waals surface area contributed by atoms with E-state index in [0.717, 1.165) is 11.4 Å². The second kappa shape index (κ2) is 6.94. The van der Waals surface area contributed by atoms with Gasteiger partial charge in [-0.15, -0.1) is 0 Å². The monoisotopic (exact) mass is 403 g/mol. The quantitative estimate of drug-likeness (QED) is 0.438. The molecule has 1 aliphatic heterocycles. The Kier molecular flexibility index (Phi) is 4.58. The van der Waals surface area contributed by atoms with Crippen LogP contribution in [0.25, 0.3) is 0 Å². The summed E-state index contributed by atoms with van der Waals surface area (Å²) in [6, 6.07) is 3.10. The van der Waals surface area contributed by atoms with Crippen LogP contribution >= 0.6 is 11.6 Å². The van der Waals surface area contributed by atoms with Gasteiger partial charge < -0.3 is 15.2 Å². The fraction of sp³-hybridized carbons (Fsp3) is 0.368. The Morgan fingerprint density at radius 1 is 1.29 bits per heavy atom. The van der Waals surface area contributed by atoms with Gasteiger partial charge in [0.25, 0.3) is 17.7 Å². The first-order valence-corrected chi connectivity index (χ1v) is 9.17. The second-order valence-corrected chi connectivity index (χ2v) is 7.43. The number of primary amides is 1. The normalized spacial score (nSPS) is 27.7. The summed E-state index contributed by atoms with van der Waals surface area (Å²) in [5.74, 6) is -1.08. The number of imide groups is 1. The first-order valence-electron chi connectivity index (χ1n) is 8.79. The van der Waals surface area contributed by atoms with E-state index in [9.17, 15) is 14.4 Å². The van der Waals surface area contributed by atoms with Crippen LogP contribution in [-0.4, -0.2) is 42.7 Å². The second-order valence-electron chi connectivity index (χ2n) is 7.02. The molecule has 1 saturated carbocycles. The molecular weight excluding hydrogens is 386 g/mol. The molecule has 9 heteroatoms. The number of ether oxygens (including phenoxy) is 2. The number of benzene rings is 1. The lowest BCUT2D eigenvalue weighted by Crippen LogP contribution is -2.28. The van der Waals surface area contributed by atoms with E-state index in [2.05, 4.69) is 5.10 Å². The van der Waals surface area contributed by atoms with Gasteiger partial charge in [0.1, 0.15) is 0 Å². The van der Waals surface area contributed by atoms with Crippen molar-refractivity contribution < 1.29 is 23.9 Å². The molecule has 2 fully saturated rings. The molecule has 4 atom stereocenters. The summed E-state index contributed by atoms with van der Waals surface area (Å²) in [6.45, 7) is -0.348. The number of carbonyl (C=O) groups is 3. The van der Waals surface area contributed by atoms with Crippen LogP contribution in [0.3, 0.4) is 0 Å². The van der Waals surface area contributed by atoms with Gasteiger partial charge in [-0.1, -0.05) is 23.8 Å². The summed E-state index contributed by atoms with van der Waals surface area (Å²) in [5, 5.41) is 5.25. The molecule has 0 spiro atoms. The Hall–Kier alpha value is -2.87. The van der Waals surface area contributed by atoms with E-state index in [0.29, 0.717) is 5.56 Å². The molecule has 3 aliphatic rings. The lowest BCUT2D eigenvalue weighted by atomic mass is 9.85. The Balaban J connectivity index is 1.55. The number of hydrogen-bond donors (Lipinski definition) is 1. The average Bonchev–Trinajstić information content (AvgIpc) is 3.33. The Morgan fingerprint density at radius 2 is 1.93 bits per heavy atom. The zero-order chi connectivity index (χ0) is 20.0. The maximum absolute atomic E-state index is 12.6. The van der Waals surface area contributed by atoms with Gasteiger partial charge >= 0.3 is 0 Å². The van der Waals surface area contributed by atoms with Crippen LogP contribution in [0.2, 0.25) is 5.02 Å². The van der Waals surface area contributed by atoms with Crippen molar-refractivity contribution in [2.45, 2.75) is 6.42 Å². The molecule has 146 valence electrons. The third-order valence-corrected chi connectivity index (χ3v) is 5.66. The van der Waals surface area contributed by atoms with Crippen molar-refractivity contribution in [1.82, 2.24) is 5.01 Å². The van der Waals surface area contributed by atoms with Crippen LogP contribution in [0.1, 0.15) is 12.0 Å². The number of nitrogens with two attached hydrogens (primary N) is 1. The van der Waals surface area contributed by atoms with Gasteiger partial charge in [0.05, 0.1) is 30.2 Å². The molecule has 1 aromatic carbocycles. The SMILES string of the molecule is COc1cc(C=NN2C(=O)C3C4C=CC(C4)C3C2=O)cc(Cl)c1OCC(N)=O. The minimum atomic E-state index is -0.649. The van der Waals surface area contributed by atoms with Crippen LogP contribution in [0.4, 0.5) is 0 Å². The Bertz CT molecular complexity index is 898. The van der Waals surface area contributed by atoms with Gasteiger partial charge in [0.15, 0.2) is 18.1 Å². The molecule has 1 heterocycles. The van der Waals surface area contributed by atoms with E-state index < -0.39 is 5.91 Å². The van der Waals surface area contributed by atoms with Crippen molar-refractivity contribution in [2.24, 2.45) is 34.5 Å². The lowest BCUT2D eigenvalue weighted by Gasteiger charge is -2.13. The summed E-state index contributed by atoms with van der Waals surface area (Å²) < 4.78 is 10.5. The van der Waals surface area contributed by atoms with E-state index >= 15 is 0 Å². The molecule has 2 bridgehead atoms. The van der Waals surface area contributed by atoms with E-state index in [1.54, 1.807) is 6.07 Å². The Labute approximate surface area is 165 Å². The van der Waals surface area contributed by atoms with Crippen LogP contribution < -0.4 is 15.2 Å². The van der Waals surface area contributed by atoms with Crippen LogP contribution in [-0.2, 0) is 14.4 Å². The molecule has 2 N–H and O–H groups in total. The van der Waals surface area contributed by atoms with E-state index in [-0.39, 0.29) is 58.6 Å². The number of nitrogens with zero attached hydrogens (tertiary/aromatic N) is 2. The molecule has 8 nitrogen and oxygen atoms in total. The molecule has 1 saturated heterocycles. The molecule has 0 aromatic heterocycles. The van der Waals surface area contributed by atoms with Crippen molar-refractivity contribution in [3.63, 3.8) is 0 Å². The topological polar surface area (TPSA) is 111 Å². The third-order valence-electron chi connectivity index (χ3n) is 5.38. The van der Waals surface area contributed by atoms with Crippen LogP contribution in [0.5, 0.6) is 11.5 Å². The van der Waals surface area contributed by atoms with Crippen molar-refractivity contribution >= 4 is 35.5 Å². The van der Waals surface area contributed by atoms with Crippen molar-refractivity contribution in [1.29, 1.82) is 0 Å². The summed E-state index contributed by atoms with van der Waals surface area (Å²) in [5.41, 5.74) is 5.58. The summed E-state index contributed by atoms with van der Waals surface area (Å²) >= 11 is 6.20. The zero-order valence-electron chi connectivity index (χ0n) is 15.0. The number of hydrogen-bond acceptors (Lipinski definition) is 6. The molecule has 2 aliphatic carbocycles. The zero-order valence-corrected chi connectivity index (χ0v) is 15.8. The maximum Gasteiger partial charge on any atom is 0.255 e. The van der Waals surface area contributed by atoms with Crippen LogP contribution in [0.15, 0.2) is 29.4 Å². The largest absolute Gasteiger partial charge is 0.493 e. The number of hydrazone groups is 1. The van der Waals surface area contributed by atoms with Crippen molar-refractivity contribution in [3.8, 4) is 11.5 Å². The van der Waals surface area contributed by atoms with E-state index in [1.807, 2.05) is 12.2 Å². The smallest absolute Gasteiger partial charge is 0.255 e. The molecule has 4 unspecified atom stereocenters. The highest BCUT2D eigenvalue weighted by molar-refractivity contribution is 6.32. The summed E-state index contributed by atoms with van der Waals surface area (Å²) in [4.78, 5) is 36.2. The molecule has 3 amide bonds. The molecule has 28 heavy (non-hydrogen) atoms. The van der Waals surface area contributed by atoms with Crippen LogP contribution in [0, 0.1) is 23.7 Å². The first kappa shape index (κ1) is 18.5. The van der Waals surface area contributed by atoms with Crippen molar-refractivity contribution in [2.75, 3.05) is 13.7 Å². The van der Waals surface area contributed by atoms with Crippen molar-refractivity contribution in [3.05, 3.63) is 34.9 Å². The number of fused-ring (bicyclic) bond motifs is 5. The molecular formula is C19H18ClN3O5. The third kappa shape index (κ3) is 2.93. The first-order chi connectivity index (χ1) is 13.4. The van der Waals surface area contributed by atoms with E-state index in [1.165, 1.54) is 19.4 Å². The fourth-order valence-electron chi connectivity index (χ4n) is 4.22. The predicted molar refractivity (Wildman–Crippen MR) is 99.9 cm³/mol. The average molecular weight is 404 g/mol. The van der Waals surface area contributed by atoms with Gasteiger partial charge in [-0.3, -0.25) is 14.4 Å². The number of allylic oxidation sites excluding steroid dienone is 2. The van der Waals surface area contributed by atoms with Gasteiger partial charge in [0, 0.05) is 0 Å². The van der Waals surface area contributed by atoms with E-state index in [4.69, 9.17) is 26.8 Å². The minimum Gasteiger partial charge on any atom is -0.493 e. The summed E-state index contributed by atoms with van der Waals surface area (Å²) in [6.07, 6.45) is 6.29. The Morgan fingerprint density at radius 3 is 2.50 bits per heavy atom. The number of amides is 3. The summed E-state index contributed by atoms with van der Waals surface area (Å²) in [7, 11) is 1.42. The predicted octanol–water partition coefficient (Wildman–Crippen LogP) is 1.35. The highest BCUT2D eigenvalue weighted by Gasteiger charge is 2.59. The number of rotatable bonds is 6. The van der Waals surface area contributed by atoms with Gasteiger partial charge in [-0.25, -0.2) is 0 Å². The number of methoxy groups -OCH3 is 1. The minimum absolute atomic E-state index is 0.128. The van der Waals surface area contributed by atoms with Gasteiger partial charge in [-0.05, 0) is 36.0 Å². The highest BCUT2D eigenvalue weighted by Crippen LogP contribution is 2.52. The molecule has 0 radical (unpaired) electrons. The maximum atomic E-state index is 12.6. The molecule has 1 aromatic rings. The van der Waals surface area contributed by atoms with Gasteiger partial charge in [0.2, 0.25) is 0 Å². The standard InChI is InChI=1S/C19H18ClN3O5/c1-27-13-5-9(4-12(20)17(13)28-8-14(21)24)7-22-23-18(25)15-10-2-3-11(6-10)16(15)19(23)26/h2-5,7,10-11,15-16H,6,8H2,1H3,(H2,21,24). The highest BCUT2D eigenvalue weighted by atomic mass is 35.5. The number of halogens is 1. The number of carbonyl (C=O) groups excluding carboxylic acids is 3. The van der Waals surface area contributed by atoms with Gasteiger partial charge in [-0.2, -0.15) is 10.1 Å². The molecule has 4 rings (SSSR count). The lowest BCUT2D eigenvalue weighted by molar-refractivity contribution is -0.140.